The summed E-state index contributed by atoms with van der Waals surface area (Å²) in [4.78, 5) is 40.1. The van der Waals surface area contributed by atoms with Crippen molar-refractivity contribution in [3.63, 3.8) is 0 Å². The first-order chi connectivity index (χ1) is 18.0. The second-order valence-corrected chi connectivity index (χ2v) is 15.8. The van der Waals surface area contributed by atoms with Gasteiger partial charge in [-0.3, -0.25) is 14.4 Å². The summed E-state index contributed by atoms with van der Waals surface area (Å²) in [6.07, 6.45) is 12.4. The molecule has 0 spiro atoms. The molecule has 0 saturated heterocycles. The van der Waals surface area contributed by atoms with Gasteiger partial charge in [-0.05, 0) is 90.9 Å². The summed E-state index contributed by atoms with van der Waals surface area (Å²) < 4.78 is 0. The number of nitrogens with zero attached hydrogens (tertiary/aromatic N) is 1. The van der Waals surface area contributed by atoms with Crippen LogP contribution in [-0.4, -0.2) is 24.5 Å². The highest BCUT2D eigenvalue weighted by Crippen LogP contribution is 2.75. The highest BCUT2D eigenvalue weighted by Gasteiger charge is 2.69. The zero-order valence-corrected chi connectivity index (χ0v) is 25.4. The number of hydrogen-bond donors (Lipinski definition) is 1. The van der Waals surface area contributed by atoms with E-state index in [2.05, 4.69) is 46.0 Å². The Balaban J connectivity index is 1.65. The van der Waals surface area contributed by atoms with Gasteiger partial charge in [-0.2, -0.15) is 5.26 Å². The van der Waals surface area contributed by atoms with E-state index in [9.17, 15) is 19.6 Å². The molecule has 0 aliphatic heterocycles. The molecule has 0 heterocycles. The Hall–Kier alpha value is -2.22. The van der Waals surface area contributed by atoms with E-state index in [0.717, 1.165) is 56.9 Å². The first-order valence-electron chi connectivity index (χ1n) is 15.2. The Kier molecular flexibility index (Phi) is 6.27. The van der Waals surface area contributed by atoms with Gasteiger partial charge in [-0.25, -0.2) is 0 Å². The van der Waals surface area contributed by atoms with Crippen LogP contribution in [0.3, 0.4) is 0 Å². The van der Waals surface area contributed by atoms with Gasteiger partial charge in [-0.1, -0.05) is 60.1 Å². The summed E-state index contributed by atoms with van der Waals surface area (Å²) in [5.41, 5.74) is 0.0444. The van der Waals surface area contributed by atoms with Gasteiger partial charge in [0.2, 0.25) is 5.91 Å². The lowest BCUT2D eigenvalue weighted by Gasteiger charge is -2.69. The van der Waals surface area contributed by atoms with Crippen LogP contribution in [0.25, 0.3) is 0 Å². The molecule has 0 aromatic rings. The number of Topliss-reactive ketones (excluding diaryl/α,β-unsaturated/α-hetero) is 1. The SMILES string of the molecule is CNC(=O)CCC12CCC(C)(C)CC1C1C(=O)C=C3C4(C)C=C(C#N)C(=O)C(C)(C)C4CCC3(C)C1(C)CC2. The van der Waals surface area contributed by atoms with Crippen LogP contribution in [0.1, 0.15) is 106 Å². The van der Waals surface area contributed by atoms with E-state index in [1.165, 1.54) is 0 Å². The van der Waals surface area contributed by atoms with Crippen LogP contribution >= 0.6 is 0 Å². The van der Waals surface area contributed by atoms with Crippen molar-refractivity contribution >= 4 is 17.5 Å². The predicted molar refractivity (Wildman–Crippen MR) is 152 cm³/mol. The fourth-order valence-electron chi connectivity index (χ4n) is 10.7. The fourth-order valence-corrected chi connectivity index (χ4v) is 10.7. The molecule has 212 valence electrons. The maximum absolute atomic E-state index is 14.5. The average Bonchev–Trinajstić information content (AvgIpc) is 2.86. The zero-order valence-electron chi connectivity index (χ0n) is 25.4. The van der Waals surface area contributed by atoms with Gasteiger partial charge in [-0.15, -0.1) is 0 Å². The number of ketones is 2. The Labute approximate surface area is 235 Å². The van der Waals surface area contributed by atoms with Crippen LogP contribution in [0.15, 0.2) is 23.3 Å². The Morgan fingerprint density at radius 2 is 1.69 bits per heavy atom. The summed E-state index contributed by atoms with van der Waals surface area (Å²) in [6.45, 7) is 15.6. The molecule has 5 nitrogen and oxygen atoms in total. The van der Waals surface area contributed by atoms with Crippen LogP contribution < -0.4 is 5.32 Å². The van der Waals surface area contributed by atoms with Crippen LogP contribution in [0.4, 0.5) is 0 Å². The third-order valence-electron chi connectivity index (χ3n) is 13.2. The standard InChI is InChI=1S/C34H48N2O3/c1-29(2)13-15-34(12-10-26(38)36-8)16-14-33(7)27(22(34)19-29)23(37)17-25-31(5)18-21(20-35)28(39)30(3,4)24(31)9-11-32(25,33)6/h17-18,22,24,27H,9-16,19H2,1-8H3,(H,36,38). The molecule has 5 aliphatic carbocycles. The molecule has 3 saturated carbocycles. The van der Waals surface area contributed by atoms with Crippen molar-refractivity contribution in [1.82, 2.24) is 5.32 Å². The third kappa shape index (κ3) is 3.72. The smallest absolute Gasteiger partial charge is 0.219 e. The van der Waals surface area contributed by atoms with Crippen LogP contribution in [0, 0.1) is 61.6 Å². The van der Waals surface area contributed by atoms with Crippen molar-refractivity contribution in [1.29, 1.82) is 5.26 Å². The van der Waals surface area contributed by atoms with Crippen molar-refractivity contribution in [2.75, 3.05) is 7.05 Å². The van der Waals surface area contributed by atoms with E-state index in [1.807, 2.05) is 26.0 Å². The lowest BCUT2D eigenvalue weighted by molar-refractivity contribution is -0.173. The van der Waals surface area contributed by atoms with Gasteiger partial charge in [0, 0.05) is 30.2 Å². The summed E-state index contributed by atoms with van der Waals surface area (Å²) in [5, 5.41) is 12.7. The molecule has 0 bridgehead atoms. The molecule has 0 aromatic carbocycles. The highest BCUT2D eigenvalue weighted by atomic mass is 16.1. The minimum absolute atomic E-state index is 0.0256. The Morgan fingerprint density at radius 3 is 2.33 bits per heavy atom. The maximum Gasteiger partial charge on any atom is 0.219 e. The minimum Gasteiger partial charge on any atom is -0.359 e. The summed E-state index contributed by atoms with van der Waals surface area (Å²) in [5.74, 6) is 0.511. The third-order valence-corrected chi connectivity index (χ3v) is 13.2. The van der Waals surface area contributed by atoms with E-state index in [1.54, 1.807) is 7.05 Å². The second-order valence-electron chi connectivity index (χ2n) is 15.8. The first-order valence-corrected chi connectivity index (χ1v) is 15.2. The highest BCUT2D eigenvalue weighted by molar-refractivity contribution is 6.04. The quantitative estimate of drug-likeness (QED) is 0.436. The van der Waals surface area contributed by atoms with E-state index >= 15 is 0 Å². The number of fused-ring (bicyclic) bond motifs is 7. The predicted octanol–water partition coefficient (Wildman–Crippen LogP) is 6.73. The van der Waals surface area contributed by atoms with Gasteiger partial charge >= 0.3 is 0 Å². The molecule has 0 radical (unpaired) electrons. The molecule has 39 heavy (non-hydrogen) atoms. The summed E-state index contributed by atoms with van der Waals surface area (Å²) in [7, 11) is 1.71. The normalized spacial score (nSPS) is 43.9. The van der Waals surface area contributed by atoms with Gasteiger partial charge < -0.3 is 5.32 Å². The molecular weight excluding hydrogens is 484 g/mol. The van der Waals surface area contributed by atoms with Crippen LogP contribution in [0.2, 0.25) is 0 Å². The number of carbonyl (C=O) groups excluding carboxylic acids is 3. The molecule has 5 heteroatoms. The molecule has 3 fully saturated rings. The van der Waals surface area contributed by atoms with Crippen LogP contribution in [0.5, 0.6) is 0 Å². The molecule has 0 aromatic heterocycles. The van der Waals surface area contributed by atoms with Crippen molar-refractivity contribution in [3.8, 4) is 6.07 Å². The molecule has 1 N–H and O–H groups in total. The number of nitriles is 1. The van der Waals surface area contributed by atoms with E-state index < -0.39 is 10.8 Å². The number of rotatable bonds is 3. The van der Waals surface area contributed by atoms with Gasteiger partial charge in [0.1, 0.15) is 6.07 Å². The van der Waals surface area contributed by atoms with Crippen molar-refractivity contribution in [2.45, 2.75) is 106 Å². The van der Waals surface area contributed by atoms with Crippen molar-refractivity contribution < 1.29 is 14.4 Å². The molecule has 7 atom stereocenters. The van der Waals surface area contributed by atoms with Gasteiger partial charge in [0.15, 0.2) is 11.6 Å². The van der Waals surface area contributed by atoms with Crippen molar-refractivity contribution in [2.24, 2.45) is 50.2 Å². The Bertz CT molecular complexity index is 1230. The first kappa shape index (κ1) is 28.3. The largest absolute Gasteiger partial charge is 0.359 e. The average molecular weight is 533 g/mol. The second kappa shape index (κ2) is 8.64. The number of carbonyl (C=O) groups is 3. The minimum atomic E-state index is -0.646. The fraction of sp³-hybridized carbons (Fsp3) is 0.765. The topological polar surface area (TPSA) is 87.0 Å². The molecule has 1 amide bonds. The molecule has 5 rings (SSSR count). The lowest BCUT2D eigenvalue weighted by atomic mass is 9.34. The van der Waals surface area contributed by atoms with E-state index in [0.29, 0.717) is 6.42 Å². The Morgan fingerprint density at radius 1 is 1.03 bits per heavy atom. The van der Waals surface area contributed by atoms with Gasteiger partial charge in [0.25, 0.3) is 0 Å². The van der Waals surface area contributed by atoms with E-state index in [-0.39, 0.29) is 62.5 Å². The molecule has 5 aliphatic rings. The van der Waals surface area contributed by atoms with Gasteiger partial charge in [0.05, 0.1) is 5.57 Å². The van der Waals surface area contributed by atoms with Crippen LogP contribution in [-0.2, 0) is 14.4 Å². The monoisotopic (exact) mass is 532 g/mol. The zero-order chi connectivity index (χ0) is 28.8. The number of hydrogen-bond acceptors (Lipinski definition) is 4. The lowest BCUT2D eigenvalue weighted by Crippen LogP contribution is -2.64. The number of amides is 1. The molecular formula is C34H48N2O3. The number of nitrogens with one attached hydrogen (secondary N) is 1. The van der Waals surface area contributed by atoms with E-state index in [4.69, 9.17) is 0 Å². The summed E-state index contributed by atoms with van der Waals surface area (Å²) >= 11 is 0. The number of allylic oxidation sites excluding steroid dienone is 4. The van der Waals surface area contributed by atoms with Crippen molar-refractivity contribution in [3.05, 3.63) is 23.3 Å². The summed E-state index contributed by atoms with van der Waals surface area (Å²) in [6, 6.07) is 2.20. The molecule has 7 unspecified atom stereocenters. The maximum atomic E-state index is 14.5.